The molecule has 0 aliphatic carbocycles. The molecule has 0 amide bonds. The molecule has 0 aromatic heterocycles. The molecule has 0 spiro atoms. The highest BCUT2D eigenvalue weighted by molar-refractivity contribution is 7.80. The fourth-order valence-electron chi connectivity index (χ4n) is 1.41. The Kier molecular flexibility index (Phi) is 3.73. The van der Waals surface area contributed by atoms with Gasteiger partial charge in [-0.3, -0.25) is 0 Å². The molecule has 2 aromatic rings. The maximum atomic E-state index is 5.59. The Morgan fingerprint density at radius 1 is 0.941 bits per heavy atom. The second-order valence-electron chi connectivity index (χ2n) is 3.58. The number of hydrogen-bond acceptors (Lipinski definition) is 2. The summed E-state index contributed by atoms with van der Waals surface area (Å²) in [6.07, 6.45) is 0. The van der Waals surface area contributed by atoms with Crippen LogP contribution >= 0.6 is 12.2 Å². The molecule has 17 heavy (non-hydrogen) atoms. The van der Waals surface area contributed by atoms with E-state index in [1.807, 2.05) is 72.6 Å². The Labute approximate surface area is 106 Å². The number of anilines is 1. The van der Waals surface area contributed by atoms with E-state index in [1.165, 1.54) is 0 Å². The van der Waals surface area contributed by atoms with Gasteiger partial charge in [-0.05, 0) is 36.5 Å². The summed E-state index contributed by atoms with van der Waals surface area (Å²) in [6, 6.07) is 19.4. The Balaban J connectivity index is 2.06. The molecular weight excluding hydrogens is 230 g/mol. The smallest absolute Gasteiger partial charge is 0.269 e. The van der Waals surface area contributed by atoms with Gasteiger partial charge in [0.05, 0.1) is 0 Å². The summed E-state index contributed by atoms with van der Waals surface area (Å²) < 4.78 is 5.59. The zero-order valence-electron chi connectivity index (χ0n) is 9.54. The van der Waals surface area contributed by atoms with Gasteiger partial charge in [0.15, 0.2) is 0 Å². The second-order valence-corrected chi connectivity index (χ2v) is 3.92. The topological polar surface area (TPSA) is 12.5 Å². The molecule has 0 aliphatic heterocycles. The van der Waals surface area contributed by atoms with Crippen LogP contribution in [-0.2, 0) is 0 Å². The Hall–Kier alpha value is -1.87. The van der Waals surface area contributed by atoms with Crippen LogP contribution < -0.4 is 9.64 Å². The van der Waals surface area contributed by atoms with Crippen LogP contribution in [0.4, 0.5) is 5.69 Å². The third kappa shape index (κ3) is 3.04. The Bertz CT molecular complexity index is 484. The van der Waals surface area contributed by atoms with Crippen LogP contribution in [0, 0.1) is 0 Å². The first-order valence-corrected chi connectivity index (χ1v) is 5.74. The zero-order valence-corrected chi connectivity index (χ0v) is 10.4. The highest BCUT2D eigenvalue weighted by atomic mass is 32.1. The molecule has 0 saturated carbocycles. The molecule has 0 atom stereocenters. The molecule has 0 radical (unpaired) electrons. The van der Waals surface area contributed by atoms with Gasteiger partial charge in [-0.15, -0.1) is 0 Å². The van der Waals surface area contributed by atoms with Gasteiger partial charge in [-0.1, -0.05) is 36.4 Å². The van der Waals surface area contributed by atoms with E-state index >= 15 is 0 Å². The minimum atomic E-state index is 0.433. The van der Waals surface area contributed by atoms with Crippen molar-refractivity contribution in [1.29, 1.82) is 0 Å². The predicted octanol–water partition coefficient (Wildman–Crippen LogP) is 3.49. The summed E-state index contributed by atoms with van der Waals surface area (Å²) in [5.74, 6) is 0.750. The van der Waals surface area contributed by atoms with Gasteiger partial charge in [0, 0.05) is 12.7 Å². The Morgan fingerprint density at radius 3 is 2.06 bits per heavy atom. The van der Waals surface area contributed by atoms with E-state index in [-0.39, 0.29) is 0 Å². The highest BCUT2D eigenvalue weighted by Gasteiger charge is 2.08. The molecule has 86 valence electrons. The van der Waals surface area contributed by atoms with E-state index in [9.17, 15) is 0 Å². The molecule has 2 rings (SSSR count). The fourth-order valence-corrected chi connectivity index (χ4v) is 1.62. The van der Waals surface area contributed by atoms with E-state index in [2.05, 4.69) is 0 Å². The predicted molar refractivity (Wildman–Crippen MR) is 74.5 cm³/mol. The number of benzene rings is 2. The molecule has 0 heterocycles. The van der Waals surface area contributed by atoms with Crippen molar-refractivity contribution >= 4 is 23.1 Å². The van der Waals surface area contributed by atoms with E-state index in [4.69, 9.17) is 17.0 Å². The zero-order chi connectivity index (χ0) is 12.1. The molecule has 3 heteroatoms. The number of para-hydroxylation sites is 2. The molecule has 2 aromatic carbocycles. The van der Waals surface area contributed by atoms with Crippen molar-refractivity contribution in [3.63, 3.8) is 0 Å². The molecule has 0 saturated heterocycles. The van der Waals surface area contributed by atoms with Crippen LogP contribution in [0.15, 0.2) is 60.7 Å². The van der Waals surface area contributed by atoms with Crippen LogP contribution in [0.2, 0.25) is 0 Å². The second kappa shape index (κ2) is 5.46. The largest absolute Gasteiger partial charge is 0.432 e. The van der Waals surface area contributed by atoms with Crippen LogP contribution in [-0.4, -0.2) is 12.2 Å². The normalized spacial score (nSPS) is 9.71. The van der Waals surface area contributed by atoms with Gasteiger partial charge in [0.2, 0.25) is 0 Å². The first-order valence-electron chi connectivity index (χ1n) is 5.33. The fraction of sp³-hybridized carbons (Fsp3) is 0.0714. The van der Waals surface area contributed by atoms with Crippen molar-refractivity contribution in [2.24, 2.45) is 0 Å². The van der Waals surface area contributed by atoms with Crippen molar-refractivity contribution in [2.45, 2.75) is 0 Å². The third-order valence-electron chi connectivity index (χ3n) is 2.37. The van der Waals surface area contributed by atoms with E-state index < -0.39 is 0 Å². The van der Waals surface area contributed by atoms with Crippen LogP contribution in [0.3, 0.4) is 0 Å². The van der Waals surface area contributed by atoms with Gasteiger partial charge < -0.3 is 9.64 Å². The van der Waals surface area contributed by atoms with E-state index in [0.29, 0.717) is 5.17 Å². The molecule has 0 N–H and O–H groups in total. The lowest BCUT2D eigenvalue weighted by Gasteiger charge is -2.19. The summed E-state index contributed by atoms with van der Waals surface area (Å²) in [5, 5.41) is 0.433. The maximum absolute atomic E-state index is 5.59. The van der Waals surface area contributed by atoms with Gasteiger partial charge >= 0.3 is 0 Å². The van der Waals surface area contributed by atoms with Gasteiger partial charge in [0.25, 0.3) is 5.17 Å². The first kappa shape index (κ1) is 11.6. The lowest BCUT2D eigenvalue weighted by atomic mass is 10.3. The van der Waals surface area contributed by atoms with Gasteiger partial charge in [0.1, 0.15) is 5.75 Å². The Morgan fingerprint density at radius 2 is 1.47 bits per heavy atom. The van der Waals surface area contributed by atoms with Crippen LogP contribution in [0.25, 0.3) is 0 Å². The minimum Gasteiger partial charge on any atom is -0.432 e. The number of nitrogens with zero attached hydrogens (tertiary/aromatic N) is 1. The monoisotopic (exact) mass is 243 g/mol. The lowest BCUT2D eigenvalue weighted by Crippen LogP contribution is -2.28. The summed E-state index contributed by atoms with van der Waals surface area (Å²) >= 11 is 5.24. The van der Waals surface area contributed by atoms with Crippen molar-refractivity contribution < 1.29 is 4.74 Å². The van der Waals surface area contributed by atoms with Crippen molar-refractivity contribution in [3.05, 3.63) is 60.7 Å². The summed E-state index contributed by atoms with van der Waals surface area (Å²) in [6.45, 7) is 0. The molecule has 0 fully saturated rings. The standard InChI is InChI=1S/C14H13NOS/c1-15(12-8-4-2-5-9-12)14(17)16-13-10-6-3-7-11-13/h2-11H,1H3. The summed E-state index contributed by atoms with van der Waals surface area (Å²) in [4.78, 5) is 1.84. The molecule has 0 unspecified atom stereocenters. The number of ether oxygens (including phenoxy) is 1. The number of thiocarbonyl (C=S) groups is 1. The number of rotatable bonds is 2. The highest BCUT2D eigenvalue weighted by Crippen LogP contribution is 2.15. The van der Waals surface area contributed by atoms with E-state index in [0.717, 1.165) is 11.4 Å². The van der Waals surface area contributed by atoms with Gasteiger partial charge in [-0.25, -0.2) is 0 Å². The number of hydrogen-bond donors (Lipinski definition) is 0. The van der Waals surface area contributed by atoms with Crippen molar-refractivity contribution in [1.82, 2.24) is 0 Å². The van der Waals surface area contributed by atoms with Crippen molar-refractivity contribution in [3.8, 4) is 5.75 Å². The average molecular weight is 243 g/mol. The molecule has 0 bridgehead atoms. The molecular formula is C14H13NOS. The third-order valence-corrected chi connectivity index (χ3v) is 2.72. The minimum absolute atomic E-state index is 0.433. The van der Waals surface area contributed by atoms with Crippen LogP contribution in [0.1, 0.15) is 0 Å². The van der Waals surface area contributed by atoms with E-state index in [1.54, 1.807) is 0 Å². The molecule has 2 nitrogen and oxygen atoms in total. The van der Waals surface area contributed by atoms with Crippen molar-refractivity contribution in [2.75, 3.05) is 11.9 Å². The maximum Gasteiger partial charge on any atom is 0.269 e. The average Bonchev–Trinajstić information content (AvgIpc) is 2.40. The first-order chi connectivity index (χ1) is 8.27. The summed E-state index contributed by atoms with van der Waals surface area (Å²) in [5.41, 5.74) is 1.01. The van der Waals surface area contributed by atoms with Crippen LogP contribution in [0.5, 0.6) is 5.75 Å². The summed E-state index contributed by atoms with van der Waals surface area (Å²) in [7, 11) is 1.89. The lowest BCUT2D eigenvalue weighted by molar-refractivity contribution is 0.552. The molecule has 0 aliphatic rings. The quantitative estimate of drug-likeness (QED) is 0.749. The SMILES string of the molecule is CN(C(=S)Oc1ccccc1)c1ccccc1. The van der Waals surface area contributed by atoms with Gasteiger partial charge in [-0.2, -0.15) is 0 Å².